The Morgan fingerprint density at radius 1 is 1.38 bits per heavy atom. The van der Waals surface area contributed by atoms with Gasteiger partial charge in [0.2, 0.25) is 0 Å². The molecule has 0 bridgehead atoms. The van der Waals surface area contributed by atoms with Crippen LogP contribution in [0.4, 0.5) is 0 Å². The lowest BCUT2D eigenvalue weighted by atomic mass is 10.1. The second-order valence-electron chi connectivity index (χ2n) is 3.23. The minimum atomic E-state index is -0.796. The third kappa shape index (κ3) is 3.47. The van der Waals surface area contributed by atoms with Gasteiger partial charge in [0.05, 0.1) is 0 Å². The van der Waals surface area contributed by atoms with E-state index in [1.165, 1.54) is 0 Å². The van der Waals surface area contributed by atoms with E-state index in [9.17, 15) is 0 Å². The predicted octanol–water partition coefficient (Wildman–Crippen LogP) is 2.35. The maximum absolute atomic E-state index is 5.83. The van der Waals surface area contributed by atoms with Crippen LogP contribution in [0.25, 0.3) is 0 Å². The molecule has 0 amide bonds. The van der Waals surface area contributed by atoms with E-state index >= 15 is 0 Å². The van der Waals surface area contributed by atoms with Gasteiger partial charge in [0.15, 0.2) is 5.72 Å². The summed E-state index contributed by atoms with van der Waals surface area (Å²) in [7, 11) is 0. The van der Waals surface area contributed by atoms with Crippen molar-refractivity contribution in [1.82, 2.24) is 0 Å². The van der Waals surface area contributed by atoms with Gasteiger partial charge in [-0.05, 0) is 12.1 Å². The molecule has 0 fully saturated rings. The first-order chi connectivity index (χ1) is 6.14. The van der Waals surface area contributed by atoms with Crippen molar-refractivity contribution < 1.29 is 4.74 Å². The van der Waals surface area contributed by atoms with Crippen LogP contribution in [0.15, 0.2) is 30.3 Å². The van der Waals surface area contributed by atoms with Gasteiger partial charge in [-0.15, -0.1) is 0 Å². The summed E-state index contributed by atoms with van der Waals surface area (Å²) in [6.07, 6.45) is 1.72. The first-order valence-corrected chi connectivity index (χ1v) is 4.52. The van der Waals surface area contributed by atoms with Crippen LogP contribution in [0, 0.1) is 6.92 Å². The number of hydrogen-bond donors (Lipinski definition) is 1. The predicted molar refractivity (Wildman–Crippen MR) is 54.3 cm³/mol. The van der Waals surface area contributed by atoms with E-state index in [1.807, 2.05) is 30.3 Å². The van der Waals surface area contributed by atoms with Gasteiger partial charge in [0.25, 0.3) is 0 Å². The van der Waals surface area contributed by atoms with E-state index in [0.717, 1.165) is 18.6 Å². The van der Waals surface area contributed by atoms with Crippen molar-refractivity contribution in [2.45, 2.75) is 25.5 Å². The zero-order valence-corrected chi connectivity index (χ0v) is 7.99. The first kappa shape index (κ1) is 10.1. The van der Waals surface area contributed by atoms with Crippen molar-refractivity contribution in [3.63, 3.8) is 0 Å². The summed E-state index contributed by atoms with van der Waals surface area (Å²) in [5, 5.41) is 0. The molecule has 1 rings (SSSR count). The average molecular weight is 178 g/mol. The molecule has 13 heavy (non-hydrogen) atoms. The standard InChI is InChI=1S/C11H16NO/c1-3-9-11(2,12)13-10-7-5-4-6-8-10/h4-8H,2-3,9,12H2,1H3. The van der Waals surface area contributed by atoms with E-state index < -0.39 is 5.72 Å². The number of nitrogens with two attached hydrogens (primary N) is 1. The molecule has 2 nitrogen and oxygen atoms in total. The zero-order valence-electron chi connectivity index (χ0n) is 7.99. The van der Waals surface area contributed by atoms with Crippen molar-refractivity contribution in [2.24, 2.45) is 5.73 Å². The maximum atomic E-state index is 5.83. The lowest BCUT2D eigenvalue weighted by Gasteiger charge is -2.25. The molecule has 0 saturated carbocycles. The molecule has 1 aromatic carbocycles. The lowest BCUT2D eigenvalue weighted by molar-refractivity contribution is 0.113. The molecule has 1 aromatic rings. The molecule has 0 aromatic heterocycles. The minimum absolute atomic E-state index is 0.752. The van der Waals surface area contributed by atoms with E-state index in [-0.39, 0.29) is 0 Å². The summed E-state index contributed by atoms with van der Waals surface area (Å²) >= 11 is 0. The Kier molecular flexibility index (Phi) is 3.32. The summed E-state index contributed by atoms with van der Waals surface area (Å²) in [5.41, 5.74) is 5.03. The van der Waals surface area contributed by atoms with Gasteiger partial charge in [-0.25, -0.2) is 0 Å². The maximum Gasteiger partial charge on any atom is 0.158 e. The van der Waals surface area contributed by atoms with Gasteiger partial charge >= 0.3 is 0 Å². The summed E-state index contributed by atoms with van der Waals surface area (Å²) in [6.45, 7) is 5.87. The summed E-state index contributed by atoms with van der Waals surface area (Å²) in [5.74, 6) is 0.772. The van der Waals surface area contributed by atoms with Crippen LogP contribution in [0.3, 0.4) is 0 Å². The van der Waals surface area contributed by atoms with Crippen molar-refractivity contribution in [2.75, 3.05) is 0 Å². The Hall–Kier alpha value is -1.02. The first-order valence-electron chi connectivity index (χ1n) is 4.52. The second kappa shape index (κ2) is 4.28. The van der Waals surface area contributed by atoms with Crippen LogP contribution in [-0.2, 0) is 0 Å². The van der Waals surface area contributed by atoms with Gasteiger partial charge in [-0.2, -0.15) is 0 Å². The Labute approximate surface area is 79.7 Å². The molecule has 1 unspecified atom stereocenters. The third-order valence-electron chi connectivity index (χ3n) is 1.74. The molecule has 0 aliphatic carbocycles. The van der Waals surface area contributed by atoms with Crippen LogP contribution >= 0.6 is 0 Å². The fourth-order valence-electron chi connectivity index (χ4n) is 1.20. The van der Waals surface area contributed by atoms with Crippen LogP contribution in [-0.4, -0.2) is 5.72 Å². The number of hydrogen-bond acceptors (Lipinski definition) is 2. The molecule has 1 radical (unpaired) electrons. The third-order valence-corrected chi connectivity index (χ3v) is 1.74. The van der Waals surface area contributed by atoms with E-state index in [0.29, 0.717) is 0 Å². The zero-order chi connectivity index (χ0) is 9.73. The van der Waals surface area contributed by atoms with Gasteiger partial charge in [-0.3, -0.25) is 5.73 Å². The quantitative estimate of drug-likeness (QED) is 0.718. The van der Waals surface area contributed by atoms with Crippen LogP contribution in [0.5, 0.6) is 5.75 Å². The number of benzene rings is 1. The van der Waals surface area contributed by atoms with E-state index in [2.05, 4.69) is 13.8 Å². The molecule has 0 heterocycles. The van der Waals surface area contributed by atoms with Gasteiger partial charge in [0, 0.05) is 13.3 Å². The number of rotatable bonds is 4. The Morgan fingerprint density at radius 2 is 2.00 bits per heavy atom. The normalized spacial score (nSPS) is 15.0. The van der Waals surface area contributed by atoms with Gasteiger partial charge < -0.3 is 4.74 Å². The van der Waals surface area contributed by atoms with Crippen LogP contribution in [0.2, 0.25) is 0 Å². The number of ether oxygens (including phenoxy) is 1. The van der Waals surface area contributed by atoms with Crippen molar-refractivity contribution in [3.8, 4) is 5.75 Å². The SMILES string of the molecule is [CH2]C(N)(CCC)Oc1ccccc1. The monoisotopic (exact) mass is 178 g/mol. The summed E-state index contributed by atoms with van der Waals surface area (Å²) in [4.78, 5) is 0. The Balaban J connectivity index is 2.58. The lowest BCUT2D eigenvalue weighted by Crippen LogP contribution is -2.42. The van der Waals surface area contributed by atoms with Crippen molar-refractivity contribution >= 4 is 0 Å². The average Bonchev–Trinajstić information content (AvgIpc) is 2.04. The summed E-state index contributed by atoms with van der Waals surface area (Å²) < 4.78 is 5.51. The molecule has 2 N–H and O–H groups in total. The highest BCUT2D eigenvalue weighted by molar-refractivity contribution is 5.22. The smallest absolute Gasteiger partial charge is 0.158 e. The molecule has 1 atom stereocenters. The highest BCUT2D eigenvalue weighted by atomic mass is 16.5. The molecule has 0 saturated heterocycles. The second-order valence-corrected chi connectivity index (χ2v) is 3.23. The van der Waals surface area contributed by atoms with Gasteiger partial charge in [0.1, 0.15) is 5.75 Å². The molecule has 2 heteroatoms. The fourth-order valence-corrected chi connectivity index (χ4v) is 1.20. The molecular formula is C11H16NO. The summed E-state index contributed by atoms with van der Waals surface area (Å²) in [6, 6.07) is 9.52. The Bertz CT molecular complexity index is 244. The highest BCUT2D eigenvalue weighted by Crippen LogP contribution is 2.17. The Morgan fingerprint density at radius 3 is 2.54 bits per heavy atom. The van der Waals surface area contributed by atoms with E-state index in [1.54, 1.807) is 0 Å². The molecule has 0 aliphatic heterocycles. The topological polar surface area (TPSA) is 35.2 Å². The highest BCUT2D eigenvalue weighted by Gasteiger charge is 2.18. The molecule has 71 valence electrons. The molecule has 0 spiro atoms. The fraction of sp³-hybridized carbons (Fsp3) is 0.364. The minimum Gasteiger partial charge on any atom is -0.473 e. The van der Waals surface area contributed by atoms with Crippen LogP contribution in [0.1, 0.15) is 19.8 Å². The van der Waals surface area contributed by atoms with Crippen molar-refractivity contribution in [1.29, 1.82) is 0 Å². The van der Waals surface area contributed by atoms with Crippen molar-refractivity contribution in [3.05, 3.63) is 37.3 Å². The van der Waals surface area contributed by atoms with Crippen LogP contribution < -0.4 is 10.5 Å². The molecular weight excluding hydrogens is 162 g/mol. The van der Waals surface area contributed by atoms with E-state index in [4.69, 9.17) is 10.5 Å². The molecule has 0 aliphatic rings. The number of para-hydroxylation sites is 1. The largest absolute Gasteiger partial charge is 0.473 e. The van der Waals surface area contributed by atoms with Gasteiger partial charge in [-0.1, -0.05) is 31.5 Å².